The van der Waals surface area contributed by atoms with Gasteiger partial charge >= 0.3 is 0 Å². The largest absolute Gasteiger partial charge is 0.316 e. The van der Waals surface area contributed by atoms with Gasteiger partial charge in [-0.2, -0.15) is 0 Å². The highest BCUT2D eigenvalue weighted by Crippen LogP contribution is 2.06. The third-order valence-electron chi connectivity index (χ3n) is 1.43. The molecule has 1 saturated heterocycles. The molecule has 1 rings (SSSR count). The van der Waals surface area contributed by atoms with E-state index < -0.39 is 0 Å². The van der Waals surface area contributed by atoms with Crippen LogP contribution in [0.3, 0.4) is 0 Å². The van der Waals surface area contributed by atoms with E-state index in [2.05, 4.69) is 11.9 Å². The van der Waals surface area contributed by atoms with Crippen LogP contribution in [0.1, 0.15) is 6.42 Å². The van der Waals surface area contributed by atoms with E-state index in [0.29, 0.717) is 0 Å². The molecule has 0 bridgehead atoms. The van der Waals surface area contributed by atoms with Crippen molar-refractivity contribution in [3.05, 3.63) is 12.7 Å². The third kappa shape index (κ3) is 1.85. The van der Waals surface area contributed by atoms with Gasteiger partial charge in [0.15, 0.2) is 0 Å². The Labute approximate surface area is 56.6 Å². The number of hydrogen-bond acceptors (Lipinski definition) is 1. The van der Waals surface area contributed by atoms with Crippen LogP contribution in [0.15, 0.2) is 12.7 Å². The van der Waals surface area contributed by atoms with E-state index in [1.165, 1.54) is 13.0 Å². The molecule has 1 atom stereocenters. The predicted molar refractivity (Wildman–Crippen MR) is 38.4 cm³/mol. The lowest BCUT2D eigenvalue weighted by Crippen LogP contribution is -2.06. The lowest BCUT2D eigenvalue weighted by molar-refractivity contribution is 0.730. The maximum Gasteiger partial charge on any atom is 0.00145 e. The monoisotopic (exact) mass is 133 g/mol. The minimum absolute atomic E-state index is 0. The summed E-state index contributed by atoms with van der Waals surface area (Å²) in [5.74, 6) is 0.750. The van der Waals surface area contributed by atoms with Crippen molar-refractivity contribution in [1.29, 1.82) is 0 Å². The fourth-order valence-electron chi connectivity index (χ4n) is 0.878. The summed E-state index contributed by atoms with van der Waals surface area (Å²) in [6.07, 6.45) is 3.31. The number of hydrogen-bond donors (Lipinski definition) is 1. The molecule has 1 fully saturated rings. The first-order valence-electron chi connectivity index (χ1n) is 2.77. The second kappa shape index (κ2) is 3.93. The lowest BCUT2D eigenvalue weighted by Gasteiger charge is -1.93. The molecule has 0 aliphatic carbocycles. The second-order valence-corrected chi connectivity index (χ2v) is 1.99. The summed E-state index contributed by atoms with van der Waals surface area (Å²) in [4.78, 5) is 0. The Balaban J connectivity index is 0.000000490. The summed E-state index contributed by atoms with van der Waals surface area (Å²) >= 11 is 0. The van der Waals surface area contributed by atoms with Crippen LogP contribution < -0.4 is 5.32 Å². The van der Waals surface area contributed by atoms with Gasteiger partial charge in [0.1, 0.15) is 0 Å². The molecule has 1 heterocycles. The summed E-state index contributed by atoms with van der Waals surface area (Å²) in [5.41, 5.74) is 0. The molecule has 0 amide bonds. The van der Waals surface area contributed by atoms with Crippen LogP contribution in [0.5, 0.6) is 0 Å². The highest BCUT2D eigenvalue weighted by Gasteiger charge is 2.08. The van der Waals surface area contributed by atoms with E-state index in [-0.39, 0.29) is 12.4 Å². The van der Waals surface area contributed by atoms with Crippen LogP contribution in [0, 0.1) is 5.92 Å². The van der Waals surface area contributed by atoms with Crippen molar-refractivity contribution < 1.29 is 0 Å². The van der Waals surface area contributed by atoms with Crippen molar-refractivity contribution >= 4 is 12.4 Å². The van der Waals surface area contributed by atoms with Crippen LogP contribution in [0.2, 0.25) is 0 Å². The highest BCUT2D eigenvalue weighted by atomic mass is 35.5. The summed E-state index contributed by atoms with van der Waals surface area (Å²) in [6.45, 7) is 6.02. The topological polar surface area (TPSA) is 12.0 Å². The van der Waals surface area contributed by atoms with Crippen molar-refractivity contribution in [3.63, 3.8) is 0 Å². The minimum Gasteiger partial charge on any atom is -0.316 e. The molecule has 0 spiro atoms. The third-order valence-corrected chi connectivity index (χ3v) is 1.43. The van der Waals surface area contributed by atoms with Gasteiger partial charge in [-0.15, -0.1) is 19.0 Å². The molecule has 0 saturated carbocycles. The van der Waals surface area contributed by atoms with Gasteiger partial charge in [-0.05, 0) is 18.9 Å². The molecular formula is C6H12ClN. The molecule has 1 N–H and O–H groups in total. The lowest BCUT2D eigenvalue weighted by atomic mass is 10.1. The first-order chi connectivity index (χ1) is 3.43. The molecule has 0 radical (unpaired) electrons. The standard InChI is InChI=1S/C6H11N.ClH/c1-2-6-3-4-7-5-6;/h2,6-7H,1,3-5H2;1H. The van der Waals surface area contributed by atoms with Crippen LogP contribution in [0.4, 0.5) is 0 Å². The molecule has 1 aliphatic heterocycles. The molecule has 8 heavy (non-hydrogen) atoms. The molecule has 0 aromatic heterocycles. The van der Waals surface area contributed by atoms with Crippen LogP contribution in [-0.2, 0) is 0 Å². The summed E-state index contributed by atoms with van der Waals surface area (Å²) in [7, 11) is 0. The van der Waals surface area contributed by atoms with Gasteiger partial charge < -0.3 is 5.32 Å². The summed E-state index contributed by atoms with van der Waals surface area (Å²) in [6, 6.07) is 0. The van der Waals surface area contributed by atoms with Gasteiger partial charge in [0.2, 0.25) is 0 Å². The van der Waals surface area contributed by atoms with Gasteiger partial charge in [-0.25, -0.2) is 0 Å². The molecule has 0 aromatic carbocycles. The second-order valence-electron chi connectivity index (χ2n) is 1.99. The molecular weight excluding hydrogens is 122 g/mol. The van der Waals surface area contributed by atoms with Crippen molar-refractivity contribution in [3.8, 4) is 0 Å². The fraction of sp³-hybridized carbons (Fsp3) is 0.667. The van der Waals surface area contributed by atoms with Crippen molar-refractivity contribution in [2.24, 2.45) is 5.92 Å². The van der Waals surface area contributed by atoms with Crippen LogP contribution in [0.25, 0.3) is 0 Å². The van der Waals surface area contributed by atoms with E-state index in [4.69, 9.17) is 0 Å². The zero-order chi connectivity index (χ0) is 5.11. The van der Waals surface area contributed by atoms with E-state index in [9.17, 15) is 0 Å². The molecule has 0 aromatic rings. The molecule has 1 nitrogen and oxygen atoms in total. The Kier molecular flexibility index (Phi) is 3.92. The molecule has 2 heteroatoms. The smallest absolute Gasteiger partial charge is 0.00145 e. The Morgan fingerprint density at radius 1 is 1.62 bits per heavy atom. The Bertz CT molecular complexity index is 66.9. The Hall–Kier alpha value is -0.0100. The maximum atomic E-state index is 3.70. The first-order valence-corrected chi connectivity index (χ1v) is 2.77. The van der Waals surface area contributed by atoms with Gasteiger partial charge in [0.25, 0.3) is 0 Å². The SMILES string of the molecule is C=CC1CCNC1.Cl. The Morgan fingerprint density at radius 2 is 2.38 bits per heavy atom. The Morgan fingerprint density at radius 3 is 2.62 bits per heavy atom. The quantitative estimate of drug-likeness (QED) is 0.531. The molecule has 48 valence electrons. The van der Waals surface area contributed by atoms with Gasteiger partial charge in [0, 0.05) is 6.54 Å². The highest BCUT2D eigenvalue weighted by molar-refractivity contribution is 5.85. The molecule has 1 aliphatic rings. The van der Waals surface area contributed by atoms with Crippen molar-refractivity contribution in [2.45, 2.75) is 6.42 Å². The van der Waals surface area contributed by atoms with E-state index in [1.807, 2.05) is 6.08 Å². The van der Waals surface area contributed by atoms with E-state index >= 15 is 0 Å². The summed E-state index contributed by atoms with van der Waals surface area (Å²) in [5, 5.41) is 3.25. The van der Waals surface area contributed by atoms with Gasteiger partial charge in [0.05, 0.1) is 0 Å². The summed E-state index contributed by atoms with van der Waals surface area (Å²) < 4.78 is 0. The minimum atomic E-state index is 0. The number of rotatable bonds is 1. The van der Waals surface area contributed by atoms with Crippen LogP contribution in [-0.4, -0.2) is 13.1 Å². The fourth-order valence-corrected chi connectivity index (χ4v) is 0.878. The average Bonchev–Trinajstić information content (AvgIpc) is 2.14. The average molecular weight is 134 g/mol. The zero-order valence-corrected chi connectivity index (χ0v) is 5.71. The van der Waals surface area contributed by atoms with Crippen LogP contribution >= 0.6 is 12.4 Å². The maximum absolute atomic E-state index is 3.70. The van der Waals surface area contributed by atoms with Crippen molar-refractivity contribution in [1.82, 2.24) is 5.32 Å². The number of halogens is 1. The molecule has 1 unspecified atom stereocenters. The van der Waals surface area contributed by atoms with Gasteiger partial charge in [-0.3, -0.25) is 0 Å². The zero-order valence-electron chi connectivity index (χ0n) is 4.89. The van der Waals surface area contributed by atoms with Crippen molar-refractivity contribution in [2.75, 3.05) is 13.1 Å². The number of nitrogens with one attached hydrogen (secondary N) is 1. The first kappa shape index (κ1) is 7.99. The van der Waals surface area contributed by atoms with Gasteiger partial charge in [-0.1, -0.05) is 6.08 Å². The van der Waals surface area contributed by atoms with E-state index in [0.717, 1.165) is 12.5 Å². The van der Waals surface area contributed by atoms with E-state index in [1.54, 1.807) is 0 Å². The normalized spacial score (nSPS) is 26.8. The predicted octanol–water partition coefficient (Wildman–Crippen LogP) is 1.20.